The number of likely N-dealkylation sites (N-methyl/N-ethyl adjacent to an activating group) is 1. The summed E-state index contributed by atoms with van der Waals surface area (Å²) in [7, 11) is -0.560. The molecule has 2 aromatic rings. The van der Waals surface area contributed by atoms with Gasteiger partial charge in [-0.1, -0.05) is 24.4 Å². The Morgan fingerprint density at radius 1 is 0.824 bits per heavy atom. The van der Waals surface area contributed by atoms with E-state index in [4.69, 9.17) is 43.4 Å². The van der Waals surface area contributed by atoms with Crippen LogP contribution in [0.3, 0.4) is 0 Å². The molecule has 0 aliphatic carbocycles. The lowest BCUT2D eigenvalue weighted by Crippen LogP contribution is -2.37. The predicted octanol–water partition coefficient (Wildman–Crippen LogP) is 2.00. The van der Waals surface area contributed by atoms with E-state index in [1.807, 2.05) is 0 Å². The topological polar surface area (TPSA) is 94.6 Å². The number of carbonyl (C=O) groups is 1. The third-order valence-electron chi connectivity index (χ3n) is 5.12. The highest BCUT2D eigenvalue weighted by Gasteiger charge is 2.24. The lowest BCUT2D eigenvalue weighted by atomic mass is 10.2. The van der Waals surface area contributed by atoms with Gasteiger partial charge in [0.25, 0.3) is 0 Å². The lowest BCUT2D eigenvalue weighted by molar-refractivity contribution is -0.116. The van der Waals surface area contributed by atoms with Gasteiger partial charge in [-0.3, -0.25) is 4.79 Å². The predicted molar refractivity (Wildman–Crippen MR) is 133 cm³/mol. The van der Waals surface area contributed by atoms with Gasteiger partial charge in [-0.15, -0.1) is 0 Å². The third-order valence-corrected chi connectivity index (χ3v) is 7.75. The van der Waals surface area contributed by atoms with Crippen molar-refractivity contribution in [2.24, 2.45) is 0 Å². The van der Waals surface area contributed by atoms with Crippen LogP contribution in [0.5, 0.6) is 23.0 Å². The average molecular weight is 523 g/mol. The van der Waals surface area contributed by atoms with Gasteiger partial charge >= 0.3 is 0 Å². The van der Waals surface area contributed by atoms with E-state index in [2.05, 4.69) is 0 Å². The fraction of sp³-hybridized carbons (Fsp3) is 0.318. The number of hydrogen-bond acceptors (Lipinski definition) is 9. The number of rotatable bonds is 8. The molecule has 0 aromatic heterocycles. The van der Waals surface area contributed by atoms with Crippen LogP contribution in [0.1, 0.15) is 11.1 Å². The molecule has 0 atom stereocenters. The molecule has 0 radical (unpaired) electrons. The van der Waals surface area contributed by atoms with Crippen LogP contribution < -0.4 is 18.9 Å². The number of thiocarbonyl (C=S) groups is 2. The number of hydrogen-bond donors (Lipinski definition) is 0. The van der Waals surface area contributed by atoms with E-state index in [0.717, 1.165) is 0 Å². The number of Topliss-reactive ketones (excluding diaryl/α,β-unsaturated/α-hetero) is 1. The minimum atomic E-state index is -3.76. The van der Waals surface area contributed by atoms with Crippen molar-refractivity contribution < 1.29 is 32.2 Å². The molecule has 2 aliphatic heterocycles. The minimum Gasteiger partial charge on any atom is -0.454 e. The van der Waals surface area contributed by atoms with Crippen molar-refractivity contribution in [2.45, 2.75) is 0 Å². The second-order valence-electron chi connectivity index (χ2n) is 7.86. The quantitative estimate of drug-likeness (QED) is 0.477. The molecular formula is C22H22N2O7S3. The molecule has 34 heavy (non-hydrogen) atoms. The van der Waals surface area contributed by atoms with Crippen molar-refractivity contribution in [2.75, 3.05) is 45.9 Å². The smallest absolute Gasteiger partial charge is 0.231 e. The summed E-state index contributed by atoms with van der Waals surface area (Å²) in [5.74, 6) is 0.844. The fourth-order valence-corrected chi connectivity index (χ4v) is 5.38. The zero-order chi connectivity index (χ0) is 24.5. The highest BCUT2D eigenvalue weighted by atomic mass is 32.2. The standard InChI is InChI=1S/C22H22N2O7S3/c1-23(21(32)14-3-5-17-19(7-14)30-12-28-17)9-16(25)10-34(26,27)11-24(2)22(33)15-4-6-18-20(8-15)31-13-29-18/h3-8H,9-13H2,1-2H3. The summed E-state index contributed by atoms with van der Waals surface area (Å²) in [6.07, 6.45) is 0. The van der Waals surface area contributed by atoms with E-state index < -0.39 is 27.3 Å². The normalized spacial score (nSPS) is 13.5. The van der Waals surface area contributed by atoms with Gasteiger partial charge < -0.3 is 28.7 Å². The number of benzene rings is 2. The molecule has 0 amide bonds. The summed E-state index contributed by atoms with van der Waals surface area (Å²) in [6, 6.07) is 10.4. The number of nitrogens with zero attached hydrogens (tertiary/aromatic N) is 2. The van der Waals surface area contributed by atoms with Gasteiger partial charge in [0.1, 0.15) is 21.6 Å². The van der Waals surface area contributed by atoms with E-state index in [9.17, 15) is 13.2 Å². The molecule has 9 nitrogen and oxygen atoms in total. The van der Waals surface area contributed by atoms with Crippen molar-refractivity contribution in [3.05, 3.63) is 47.5 Å². The van der Waals surface area contributed by atoms with Gasteiger partial charge in [0, 0.05) is 25.2 Å². The molecule has 0 spiro atoms. The first kappa shape index (κ1) is 24.2. The van der Waals surface area contributed by atoms with Crippen LogP contribution in [-0.2, 0) is 14.6 Å². The molecule has 0 bridgehead atoms. The van der Waals surface area contributed by atoms with E-state index in [0.29, 0.717) is 44.1 Å². The molecule has 4 rings (SSSR count). The molecule has 0 saturated heterocycles. The molecule has 2 heterocycles. The largest absolute Gasteiger partial charge is 0.454 e. The maximum Gasteiger partial charge on any atom is 0.231 e. The average Bonchev–Trinajstić information content (AvgIpc) is 3.45. The van der Waals surface area contributed by atoms with Crippen molar-refractivity contribution in [3.8, 4) is 23.0 Å². The monoisotopic (exact) mass is 522 g/mol. The van der Waals surface area contributed by atoms with Gasteiger partial charge in [0.15, 0.2) is 38.6 Å². The van der Waals surface area contributed by atoms with Gasteiger partial charge in [0.05, 0.1) is 6.54 Å². The summed E-state index contributed by atoms with van der Waals surface area (Å²) in [6.45, 7) is 0.123. The van der Waals surface area contributed by atoms with Crippen LogP contribution >= 0.6 is 24.4 Å². The van der Waals surface area contributed by atoms with Crippen molar-refractivity contribution >= 4 is 50.0 Å². The van der Waals surface area contributed by atoms with Crippen LogP contribution in [-0.4, -0.2) is 79.8 Å². The zero-order valence-electron chi connectivity index (χ0n) is 18.5. The van der Waals surface area contributed by atoms with Crippen molar-refractivity contribution in [1.82, 2.24) is 9.80 Å². The molecule has 2 aliphatic rings. The lowest BCUT2D eigenvalue weighted by Gasteiger charge is -2.22. The van der Waals surface area contributed by atoms with Crippen molar-refractivity contribution in [1.29, 1.82) is 0 Å². The molecule has 12 heteroatoms. The first-order valence-electron chi connectivity index (χ1n) is 10.2. The minimum absolute atomic E-state index is 0.129. The van der Waals surface area contributed by atoms with E-state index >= 15 is 0 Å². The molecule has 0 unspecified atom stereocenters. The van der Waals surface area contributed by atoms with E-state index in [1.165, 1.54) is 9.80 Å². The zero-order valence-corrected chi connectivity index (χ0v) is 20.9. The maximum atomic E-state index is 12.7. The second kappa shape index (κ2) is 9.72. The molecule has 180 valence electrons. The SMILES string of the molecule is CN(CC(=O)CS(=O)(=O)CN(C)C(=S)c1ccc2c(c1)OCO2)C(=S)c1ccc2c(c1)OCO2. The Kier molecular flexibility index (Phi) is 6.91. The van der Waals surface area contributed by atoms with Crippen molar-refractivity contribution in [3.63, 3.8) is 0 Å². The summed E-state index contributed by atoms with van der Waals surface area (Å²) in [5.41, 5.74) is 1.29. The van der Waals surface area contributed by atoms with Crippen LogP contribution in [0, 0.1) is 0 Å². The number of fused-ring (bicyclic) bond motifs is 2. The highest BCUT2D eigenvalue weighted by Crippen LogP contribution is 2.33. The molecule has 0 fully saturated rings. The van der Waals surface area contributed by atoms with Gasteiger partial charge in [-0.25, -0.2) is 8.42 Å². The van der Waals surface area contributed by atoms with Gasteiger partial charge in [-0.05, 0) is 36.4 Å². The molecule has 2 aromatic carbocycles. The summed E-state index contributed by atoms with van der Waals surface area (Å²) < 4.78 is 46.6. The van der Waals surface area contributed by atoms with Crippen LogP contribution in [0.25, 0.3) is 0 Å². The Bertz CT molecular complexity index is 1260. The highest BCUT2D eigenvalue weighted by molar-refractivity contribution is 7.92. The Labute approximate surface area is 208 Å². The Morgan fingerprint density at radius 2 is 1.29 bits per heavy atom. The third kappa shape index (κ3) is 5.40. The van der Waals surface area contributed by atoms with Crippen LogP contribution in [0.4, 0.5) is 0 Å². The number of sulfone groups is 1. The molecular weight excluding hydrogens is 500 g/mol. The second-order valence-corrected chi connectivity index (χ2v) is 10.7. The Morgan fingerprint density at radius 3 is 1.82 bits per heavy atom. The Balaban J connectivity index is 1.32. The first-order valence-corrected chi connectivity index (χ1v) is 12.8. The van der Waals surface area contributed by atoms with Crippen LogP contribution in [0.2, 0.25) is 0 Å². The van der Waals surface area contributed by atoms with E-state index in [-0.39, 0.29) is 20.1 Å². The summed E-state index contributed by atoms with van der Waals surface area (Å²) in [5, 5.41) is 0. The fourth-order valence-electron chi connectivity index (χ4n) is 3.53. The molecule has 0 N–H and O–H groups in total. The van der Waals surface area contributed by atoms with Gasteiger partial charge in [0.2, 0.25) is 13.6 Å². The number of ether oxygens (including phenoxy) is 4. The van der Waals surface area contributed by atoms with Crippen LogP contribution in [0.15, 0.2) is 36.4 Å². The summed E-state index contributed by atoms with van der Waals surface area (Å²) >= 11 is 10.9. The summed E-state index contributed by atoms with van der Waals surface area (Å²) in [4.78, 5) is 16.2. The van der Waals surface area contributed by atoms with E-state index in [1.54, 1.807) is 50.5 Å². The maximum absolute atomic E-state index is 12.7. The van der Waals surface area contributed by atoms with Gasteiger partial charge in [-0.2, -0.15) is 0 Å². The number of carbonyl (C=O) groups excluding carboxylic acids is 1. The Hall–Kier alpha value is -2.96. The molecule has 0 saturated carbocycles. The first-order chi connectivity index (χ1) is 16.1. The number of ketones is 1.